The summed E-state index contributed by atoms with van der Waals surface area (Å²) in [5, 5.41) is 7.46. The summed E-state index contributed by atoms with van der Waals surface area (Å²) in [6.45, 7) is 0. The molecule has 0 amide bonds. The molecule has 2 aliphatic heterocycles. The number of anilines is 6. The molecule has 0 radical (unpaired) electrons. The lowest BCUT2D eigenvalue weighted by Gasteiger charge is -2.35. The fourth-order valence-corrected chi connectivity index (χ4v) is 11.0. The molecule has 12 rings (SSSR count). The van der Waals surface area contributed by atoms with E-state index in [2.05, 4.69) is 216 Å². The summed E-state index contributed by atoms with van der Waals surface area (Å²) in [5.74, 6) is 0. The molecular weight excluding hydrogens is 741 g/mol. The number of rotatable bonds is 4. The highest BCUT2D eigenvalue weighted by molar-refractivity contribution is 8.00. The van der Waals surface area contributed by atoms with Gasteiger partial charge in [-0.05, 0) is 111 Å². The third-order valence-electron chi connectivity index (χ3n) is 11.5. The van der Waals surface area contributed by atoms with Crippen LogP contribution in [0.1, 0.15) is 0 Å². The van der Waals surface area contributed by atoms with Gasteiger partial charge >= 0.3 is 0 Å². The Balaban J connectivity index is 1.02. The van der Waals surface area contributed by atoms with Crippen LogP contribution in [0.2, 0.25) is 0 Å². The Bertz CT molecular complexity index is 3210. The topological polar surface area (TPSA) is 6.48 Å². The minimum absolute atomic E-state index is 1.15. The third-order valence-corrected chi connectivity index (χ3v) is 13.8. The number of fused-ring (bicyclic) bond motifs is 7. The van der Waals surface area contributed by atoms with Crippen LogP contribution in [0.3, 0.4) is 0 Å². The highest BCUT2D eigenvalue weighted by Gasteiger charge is 2.29. The minimum Gasteiger partial charge on any atom is -0.308 e. The van der Waals surface area contributed by atoms with Crippen LogP contribution >= 0.6 is 23.5 Å². The van der Waals surface area contributed by atoms with Gasteiger partial charge in [-0.3, -0.25) is 0 Å². The zero-order valence-corrected chi connectivity index (χ0v) is 33.0. The zero-order chi connectivity index (χ0) is 38.2. The predicted octanol–water partition coefficient (Wildman–Crippen LogP) is 16.3. The van der Waals surface area contributed by atoms with Gasteiger partial charge in [0.05, 0.1) is 28.4 Å². The second kappa shape index (κ2) is 13.5. The van der Waals surface area contributed by atoms with E-state index in [1.54, 1.807) is 0 Å². The lowest BCUT2D eigenvalue weighted by molar-refractivity contribution is 1.17. The fraction of sp³-hybridized carbons (Fsp3) is 0. The quantitative estimate of drug-likeness (QED) is 0.164. The summed E-state index contributed by atoms with van der Waals surface area (Å²) in [5.41, 5.74) is 12.0. The summed E-state index contributed by atoms with van der Waals surface area (Å²) >= 11 is 3.72. The van der Waals surface area contributed by atoms with Crippen molar-refractivity contribution in [3.63, 3.8) is 0 Å². The maximum absolute atomic E-state index is 2.50. The van der Waals surface area contributed by atoms with Crippen LogP contribution in [0.5, 0.6) is 0 Å². The minimum atomic E-state index is 1.15. The number of nitrogens with zero attached hydrogens (tertiary/aromatic N) is 2. The highest BCUT2D eigenvalue weighted by atomic mass is 32.2. The molecule has 0 unspecified atom stereocenters. The van der Waals surface area contributed by atoms with Crippen molar-refractivity contribution in [2.75, 3.05) is 9.80 Å². The normalized spacial score (nSPS) is 13.0. The van der Waals surface area contributed by atoms with E-state index < -0.39 is 0 Å². The van der Waals surface area contributed by atoms with E-state index in [9.17, 15) is 0 Å². The monoisotopic (exact) mass is 774 g/mol. The van der Waals surface area contributed by atoms with Crippen LogP contribution in [-0.4, -0.2) is 0 Å². The Hall–Kier alpha value is -6.72. The molecule has 0 N–H and O–H groups in total. The Morgan fingerprint density at radius 1 is 0.276 bits per heavy atom. The van der Waals surface area contributed by atoms with Crippen molar-refractivity contribution in [1.82, 2.24) is 0 Å². The second-order valence-electron chi connectivity index (χ2n) is 15.0. The van der Waals surface area contributed by atoms with E-state index in [4.69, 9.17) is 0 Å². The molecule has 2 heterocycles. The summed E-state index contributed by atoms with van der Waals surface area (Å²) in [6.07, 6.45) is 0. The van der Waals surface area contributed by atoms with Crippen molar-refractivity contribution < 1.29 is 0 Å². The van der Waals surface area contributed by atoms with Gasteiger partial charge in [0.2, 0.25) is 0 Å². The predicted molar refractivity (Wildman–Crippen MR) is 247 cm³/mol. The Morgan fingerprint density at radius 3 is 1.62 bits per heavy atom. The smallest absolute Gasteiger partial charge is 0.0619 e. The van der Waals surface area contributed by atoms with Gasteiger partial charge in [-0.1, -0.05) is 163 Å². The van der Waals surface area contributed by atoms with Gasteiger partial charge in [-0.2, -0.15) is 0 Å². The molecule has 0 atom stereocenters. The second-order valence-corrected chi connectivity index (χ2v) is 17.1. The van der Waals surface area contributed by atoms with Crippen molar-refractivity contribution in [3.05, 3.63) is 206 Å². The van der Waals surface area contributed by atoms with Gasteiger partial charge in [0, 0.05) is 36.0 Å². The van der Waals surface area contributed by atoms with E-state index in [1.807, 2.05) is 23.5 Å². The first-order valence-corrected chi connectivity index (χ1v) is 21.3. The molecule has 0 bridgehead atoms. The first-order chi connectivity index (χ1) is 28.7. The first kappa shape index (κ1) is 33.4. The Morgan fingerprint density at radius 2 is 0.828 bits per heavy atom. The molecule has 0 aliphatic carbocycles. The van der Waals surface area contributed by atoms with E-state index in [1.165, 1.54) is 103 Å². The highest BCUT2D eigenvalue weighted by Crippen LogP contribution is 2.56. The van der Waals surface area contributed by atoms with Gasteiger partial charge in [0.1, 0.15) is 0 Å². The Kier molecular flexibility index (Phi) is 7.75. The number of benzene rings is 10. The van der Waals surface area contributed by atoms with Gasteiger partial charge in [-0.25, -0.2) is 0 Å². The van der Waals surface area contributed by atoms with Gasteiger partial charge < -0.3 is 9.80 Å². The SMILES string of the molecule is c1ccc(-c2cccc(N3c4cc(-c5ccc6c(c5)Sc5ccccc5N6c5c6ccccc6cc6ccccc56)ccc4Sc4cc5ccccc5cc43)c2)cc1. The molecular formula is C54H34N2S2. The summed E-state index contributed by atoms with van der Waals surface area (Å²) in [4.78, 5) is 9.96. The lowest BCUT2D eigenvalue weighted by atomic mass is 9.98. The Labute approximate surface area is 346 Å². The van der Waals surface area contributed by atoms with Crippen molar-refractivity contribution in [3.8, 4) is 22.3 Å². The molecule has 58 heavy (non-hydrogen) atoms. The number of para-hydroxylation sites is 1. The summed E-state index contributed by atoms with van der Waals surface area (Å²) in [7, 11) is 0. The maximum atomic E-state index is 2.50. The van der Waals surface area contributed by atoms with Crippen molar-refractivity contribution in [1.29, 1.82) is 0 Å². The van der Waals surface area contributed by atoms with Gasteiger partial charge in [0.15, 0.2) is 0 Å². The van der Waals surface area contributed by atoms with Gasteiger partial charge in [-0.15, -0.1) is 0 Å². The van der Waals surface area contributed by atoms with E-state index in [0.29, 0.717) is 0 Å². The van der Waals surface area contributed by atoms with Crippen LogP contribution < -0.4 is 9.80 Å². The lowest BCUT2D eigenvalue weighted by Crippen LogP contribution is -2.16. The number of hydrogen-bond acceptors (Lipinski definition) is 4. The van der Waals surface area contributed by atoms with Crippen LogP contribution in [0.25, 0.3) is 54.6 Å². The molecule has 272 valence electrons. The van der Waals surface area contributed by atoms with Crippen LogP contribution in [-0.2, 0) is 0 Å². The van der Waals surface area contributed by atoms with Crippen molar-refractivity contribution in [2.24, 2.45) is 0 Å². The van der Waals surface area contributed by atoms with E-state index in [-0.39, 0.29) is 0 Å². The average Bonchev–Trinajstić information content (AvgIpc) is 3.28. The molecule has 0 saturated heterocycles. The van der Waals surface area contributed by atoms with Gasteiger partial charge in [0.25, 0.3) is 0 Å². The molecule has 0 aromatic heterocycles. The van der Waals surface area contributed by atoms with E-state index >= 15 is 0 Å². The molecule has 10 aromatic rings. The summed E-state index contributed by atoms with van der Waals surface area (Å²) in [6, 6.07) is 75.9. The molecule has 2 nitrogen and oxygen atoms in total. The zero-order valence-electron chi connectivity index (χ0n) is 31.3. The van der Waals surface area contributed by atoms with Crippen molar-refractivity contribution in [2.45, 2.75) is 19.6 Å². The van der Waals surface area contributed by atoms with Crippen LogP contribution in [0.4, 0.5) is 34.1 Å². The third kappa shape index (κ3) is 5.44. The molecule has 10 aromatic carbocycles. The summed E-state index contributed by atoms with van der Waals surface area (Å²) < 4.78 is 0. The molecule has 0 fully saturated rings. The molecule has 2 aliphatic rings. The largest absolute Gasteiger partial charge is 0.308 e. The van der Waals surface area contributed by atoms with E-state index in [0.717, 1.165) is 5.69 Å². The first-order valence-electron chi connectivity index (χ1n) is 19.7. The number of hydrogen-bond donors (Lipinski definition) is 0. The molecule has 4 heteroatoms. The molecule has 0 saturated carbocycles. The standard InChI is InChI=1S/C54H34N2S2/c1-2-13-35(14-3-1)36-19-12-20-43(30-36)55-48-32-39(26-28-51(48)58-53-33-38-16-5-4-15-37(38)31-49(53)55)40-25-27-47-52(34-40)57-50-24-11-10-23-46(50)56(47)54-44-21-8-6-17-41(44)29-42-18-7-9-22-45(42)54/h1-34H. The average molecular weight is 775 g/mol. The van der Waals surface area contributed by atoms with Crippen LogP contribution in [0, 0.1) is 0 Å². The molecule has 0 spiro atoms. The van der Waals surface area contributed by atoms with Crippen LogP contribution in [0.15, 0.2) is 226 Å². The maximum Gasteiger partial charge on any atom is 0.0619 e. The fourth-order valence-electron chi connectivity index (χ4n) is 8.81. The van der Waals surface area contributed by atoms with Crippen molar-refractivity contribution >= 4 is 90.0 Å².